The quantitative estimate of drug-likeness (QED) is 0.0358. The van der Waals surface area contributed by atoms with Crippen LogP contribution in [0.25, 0.3) is 21.5 Å². The molecule has 7 aromatic carbocycles. The number of phenols is 1. The maximum atomic E-state index is 12.7. The van der Waals surface area contributed by atoms with E-state index in [1.54, 1.807) is 56.5 Å². The molecule has 0 saturated heterocycles. The van der Waals surface area contributed by atoms with E-state index in [1.165, 1.54) is 18.2 Å². The molecule has 346 valence electrons. The molecule has 0 amide bonds. The highest BCUT2D eigenvalue weighted by molar-refractivity contribution is 7.86. The van der Waals surface area contributed by atoms with Gasteiger partial charge in [-0.25, -0.2) is 0 Å². The minimum absolute atomic E-state index is 0.0146. The lowest BCUT2D eigenvalue weighted by Gasteiger charge is -2.12. The van der Waals surface area contributed by atoms with Crippen LogP contribution in [-0.2, 0) is 20.2 Å². The van der Waals surface area contributed by atoms with Crippen molar-refractivity contribution in [1.29, 1.82) is 0 Å². The largest absolute Gasteiger partial charge is 0.505 e. The van der Waals surface area contributed by atoms with E-state index < -0.39 is 30.9 Å². The van der Waals surface area contributed by atoms with Crippen molar-refractivity contribution in [3.63, 3.8) is 0 Å². The van der Waals surface area contributed by atoms with Gasteiger partial charge < -0.3 is 24.6 Å². The first kappa shape index (κ1) is 47.6. The first-order chi connectivity index (χ1) is 32.0. The fraction of sp³-hybridized carbons (Fsp3) is 0.208. The number of hydrogen-bond donors (Lipinski definition) is 4. The van der Waals surface area contributed by atoms with Crippen LogP contribution in [0, 0.1) is 20.8 Å². The van der Waals surface area contributed by atoms with E-state index in [4.69, 9.17) is 14.2 Å². The maximum Gasteiger partial charge on any atom is 0.297 e. The number of aromatic hydroxyl groups is 1. The van der Waals surface area contributed by atoms with Gasteiger partial charge in [-0.15, -0.1) is 15.3 Å². The summed E-state index contributed by atoms with van der Waals surface area (Å²) >= 11 is 0. The number of benzene rings is 7. The molecule has 0 atom stereocenters. The minimum Gasteiger partial charge on any atom is -0.505 e. The van der Waals surface area contributed by atoms with Crippen molar-refractivity contribution in [3.05, 3.63) is 126 Å². The molecule has 0 aliphatic heterocycles. The topological polar surface area (TPSA) is 243 Å². The van der Waals surface area contributed by atoms with Crippen LogP contribution in [0.15, 0.2) is 145 Å². The molecule has 0 aliphatic carbocycles. The number of azo groups is 3. The van der Waals surface area contributed by atoms with Crippen LogP contribution in [0.5, 0.6) is 23.0 Å². The normalized spacial score (nSPS) is 12.2. The molecule has 0 unspecified atom stereocenters. The molecule has 0 fully saturated rings. The van der Waals surface area contributed by atoms with Crippen LogP contribution in [-0.4, -0.2) is 57.1 Å². The molecule has 67 heavy (non-hydrogen) atoms. The summed E-state index contributed by atoms with van der Waals surface area (Å²) in [5.41, 5.74) is 5.38. The van der Waals surface area contributed by atoms with Crippen LogP contribution in [0.1, 0.15) is 36.5 Å². The van der Waals surface area contributed by atoms with Gasteiger partial charge in [-0.3, -0.25) is 9.11 Å². The van der Waals surface area contributed by atoms with Gasteiger partial charge in [0.25, 0.3) is 20.2 Å². The molecule has 0 saturated carbocycles. The third-order valence-electron chi connectivity index (χ3n) is 10.4. The number of nitrogens with one attached hydrogen (secondary N) is 1. The summed E-state index contributed by atoms with van der Waals surface area (Å²) in [4.78, 5) is -0.445. The summed E-state index contributed by atoms with van der Waals surface area (Å²) in [5, 5.41) is 42.9. The third-order valence-corrected chi connectivity index (χ3v) is 12.2. The zero-order valence-corrected chi connectivity index (χ0v) is 38.8. The van der Waals surface area contributed by atoms with Crippen molar-refractivity contribution in [2.75, 3.05) is 31.4 Å². The van der Waals surface area contributed by atoms with Gasteiger partial charge in [-0.2, -0.15) is 32.2 Å². The Morgan fingerprint density at radius 2 is 1.13 bits per heavy atom. The highest BCUT2D eigenvalue weighted by Crippen LogP contribution is 2.42. The van der Waals surface area contributed by atoms with E-state index in [0.717, 1.165) is 28.9 Å². The first-order valence-electron chi connectivity index (χ1n) is 20.9. The number of phenolic OH excluding ortho intramolecular Hbond substituents is 1. The summed E-state index contributed by atoms with van der Waals surface area (Å²) in [6.45, 7) is 7.60. The lowest BCUT2D eigenvalue weighted by molar-refractivity contribution is 0.317. The lowest BCUT2D eigenvalue weighted by Crippen LogP contribution is -2.08. The van der Waals surface area contributed by atoms with E-state index in [1.807, 2.05) is 69.3 Å². The molecule has 17 nitrogen and oxygen atoms in total. The second-order valence-electron chi connectivity index (χ2n) is 15.4. The molecule has 0 heterocycles. The predicted molar refractivity (Wildman–Crippen MR) is 258 cm³/mol. The Hall–Kier alpha value is -7.32. The van der Waals surface area contributed by atoms with Gasteiger partial charge in [0.1, 0.15) is 39.2 Å². The highest BCUT2D eigenvalue weighted by Gasteiger charge is 2.22. The molecule has 7 rings (SSSR count). The van der Waals surface area contributed by atoms with Crippen LogP contribution in [0.3, 0.4) is 0 Å². The summed E-state index contributed by atoms with van der Waals surface area (Å²) in [6, 6.07) is 31.3. The summed E-state index contributed by atoms with van der Waals surface area (Å²) < 4.78 is 84.8. The molecule has 0 radical (unpaired) electrons. The van der Waals surface area contributed by atoms with Crippen molar-refractivity contribution in [3.8, 4) is 23.0 Å². The number of rotatable bonds is 18. The second kappa shape index (κ2) is 20.5. The lowest BCUT2D eigenvalue weighted by atomic mass is 10.1. The second-order valence-corrected chi connectivity index (χ2v) is 18.4. The molecule has 0 aromatic heterocycles. The Morgan fingerprint density at radius 3 is 1.78 bits per heavy atom. The van der Waals surface area contributed by atoms with Gasteiger partial charge in [0.15, 0.2) is 5.75 Å². The Balaban J connectivity index is 1.14. The Kier molecular flexibility index (Phi) is 14.5. The van der Waals surface area contributed by atoms with Crippen molar-refractivity contribution < 1.29 is 45.3 Å². The van der Waals surface area contributed by atoms with Gasteiger partial charge >= 0.3 is 0 Å². The molecular formula is C48H47N7O10S2. The van der Waals surface area contributed by atoms with E-state index >= 15 is 0 Å². The Bertz CT molecular complexity index is 3310. The van der Waals surface area contributed by atoms with E-state index in [-0.39, 0.29) is 52.7 Å². The number of fused-ring (bicyclic) bond motifs is 2. The smallest absolute Gasteiger partial charge is 0.297 e. The Morgan fingerprint density at radius 1 is 0.567 bits per heavy atom. The predicted octanol–water partition coefficient (Wildman–Crippen LogP) is 13.3. The number of anilines is 2. The molecular weight excluding hydrogens is 899 g/mol. The van der Waals surface area contributed by atoms with Crippen LogP contribution in [0.4, 0.5) is 45.5 Å². The maximum absolute atomic E-state index is 12.7. The van der Waals surface area contributed by atoms with Crippen molar-refractivity contribution in [1.82, 2.24) is 0 Å². The van der Waals surface area contributed by atoms with E-state index in [2.05, 4.69) is 36.0 Å². The van der Waals surface area contributed by atoms with Gasteiger partial charge in [-0.1, -0.05) is 25.1 Å². The van der Waals surface area contributed by atoms with Crippen molar-refractivity contribution in [2.24, 2.45) is 30.7 Å². The number of methoxy groups -OCH3 is 1. The van der Waals surface area contributed by atoms with Crippen LogP contribution < -0.4 is 19.5 Å². The van der Waals surface area contributed by atoms with Gasteiger partial charge in [0.05, 0.1) is 43.1 Å². The average molecular weight is 946 g/mol. The number of ether oxygens (including phenoxy) is 3. The SMILES string of the molecule is CCCOc1cccc2c(S(=O)(=O)O)c(N=Nc3cc(OCCCS(=O)(=O)O)c(N=Nc4cc(C)c(N=Nc5ccc6cc(Nc7ccc(OC)cc7)ccc6c5O)cc4C)cc3C)ccc12. The van der Waals surface area contributed by atoms with Gasteiger partial charge in [0, 0.05) is 33.6 Å². The van der Waals surface area contributed by atoms with Gasteiger partial charge in [-0.05, 0) is 141 Å². The van der Waals surface area contributed by atoms with Crippen LogP contribution in [0.2, 0.25) is 0 Å². The first-order valence-corrected chi connectivity index (χ1v) is 24.0. The summed E-state index contributed by atoms with van der Waals surface area (Å²) in [5.74, 6) is 0.791. The fourth-order valence-electron chi connectivity index (χ4n) is 6.99. The van der Waals surface area contributed by atoms with E-state index in [0.29, 0.717) is 51.2 Å². The highest BCUT2D eigenvalue weighted by atomic mass is 32.2. The van der Waals surface area contributed by atoms with Gasteiger partial charge in [0.2, 0.25) is 0 Å². The zero-order valence-electron chi connectivity index (χ0n) is 37.1. The molecule has 0 spiro atoms. The molecule has 7 aromatic rings. The molecule has 0 aliphatic rings. The molecule has 19 heteroatoms. The monoisotopic (exact) mass is 945 g/mol. The fourth-order valence-corrected chi connectivity index (χ4v) is 8.30. The molecule has 0 bridgehead atoms. The van der Waals surface area contributed by atoms with Crippen LogP contribution >= 0.6 is 0 Å². The third kappa shape index (κ3) is 11.7. The standard InChI is InChI=1S/C48H47N7O10S2/c1-6-21-64-45-10-7-9-38-37(45)18-20-40(48(38)67(60,61)62)51-54-43-28-46(65-22-8-23-66(57,58)59)44(26-31(43)4)55-53-42-25-29(2)41(24-30(42)3)52-50-39-19-11-32-27-34(14-17-36(32)47(39)56)49-33-12-15-35(63-5)16-13-33/h7,9-20,24-28,49,56H,6,8,21-23H2,1-5H3,(H,57,58,59)(H,60,61,62). The minimum atomic E-state index is -4.79. The summed E-state index contributed by atoms with van der Waals surface area (Å²) in [7, 11) is -7.42. The van der Waals surface area contributed by atoms with E-state index in [9.17, 15) is 31.0 Å². The average Bonchev–Trinajstić information content (AvgIpc) is 3.29. The number of hydrogen-bond acceptors (Lipinski definition) is 15. The summed E-state index contributed by atoms with van der Waals surface area (Å²) in [6.07, 6.45) is 0.684. The van der Waals surface area contributed by atoms with Crippen molar-refractivity contribution >= 4 is 87.3 Å². The number of aryl methyl sites for hydroxylation is 3. The van der Waals surface area contributed by atoms with Crippen molar-refractivity contribution in [2.45, 2.75) is 45.4 Å². The molecule has 4 N–H and O–H groups in total. The Labute approximate surface area is 387 Å². The zero-order chi connectivity index (χ0) is 47.9. The number of nitrogens with zero attached hydrogens (tertiary/aromatic N) is 6.